The van der Waals surface area contributed by atoms with Crippen LogP contribution < -0.4 is 10.3 Å². The predicted molar refractivity (Wildman–Crippen MR) is 127 cm³/mol. The zero-order valence-electron chi connectivity index (χ0n) is 18.8. The molecule has 1 aliphatic heterocycles. The number of hydrazone groups is 1. The number of benzene rings is 2. The third kappa shape index (κ3) is 4.94. The van der Waals surface area contributed by atoms with Crippen molar-refractivity contribution in [1.82, 2.24) is 19.5 Å². The van der Waals surface area contributed by atoms with Crippen LogP contribution in [0.1, 0.15) is 16.7 Å². The maximum atomic E-state index is 13.0. The quantitative estimate of drug-likeness (QED) is 0.336. The van der Waals surface area contributed by atoms with Crippen molar-refractivity contribution in [2.24, 2.45) is 5.10 Å². The van der Waals surface area contributed by atoms with E-state index in [0.717, 1.165) is 23.3 Å². The Labute approximate surface area is 199 Å². The van der Waals surface area contributed by atoms with E-state index in [2.05, 4.69) is 20.5 Å². The molecule has 8 nitrogen and oxygen atoms in total. The molecule has 2 aromatic carbocycles. The minimum atomic E-state index is -4.41. The Morgan fingerprint density at radius 3 is 2.54 bits per heavy atom. The molecule has 0 bridgehead atoms. The van der Waals surface area contributed by atoms with Crippen LogP contribution in [0, 0.1) is 6.92 Å². The zero-order valence-corrected chi connectivity index (χ0v) is 18.8. The summed E-state index contributed by atoms with van der Waals surface area (Å²) in [5, 5.41) is 4.33. The number of halogens is 3. The smallest absolute Gasteiger partial charge is 0.378 e. The van der Waals surface area contributed by atoms with Gasteiger partial charge < -0.3 is 9.64 Å². The average molecular weight is 481 g/mol. The van der Waals surface area contributed by atoms with Crippen molar-refractivity contribution >= 4 is 29.1 Å². The predicted octanol–water partition coefficient (Wildman–Crippen LogP) is 4.43. The molecule has 4 aromatic rings. The van der Waals surface area contributed by atoms with Gasteiger partial charge in [0.2, 0.25) is 5.95 Å². The van der Waals surface area contributed by atoms with Gasteiger partial charge in [0.25, 0.3) is 0 Å². The van der Waals surface area contributed by atoms with Crippen LogP contribution in [0.15, 0.2) is 60.0 Å². The first kappa shape index (κ1) is 22.8. The summed E-state index contributed by atoms with van der Waals surface area (Å²) >= 11 is 0. The molecular weight excluding hydrogens is 459 g/mol. The lowest BCUT2D eigenvalue weighted by atomic mass is 10.2. The van der Waals surface area contributed by atoms with Crippen molar-refractivity contribution in [1.29, 1.82) is 0 Å². The van der Waals surface area contributed by atoms with E-state index in [0.29, 0.717) is 54.9 Å². The summed E-state index contributed by atoms with van der Waals surface area (Å²) in [7, 11) is 0. The molecule has 0 unspecified atom stereocenters. The minimum absolute atomic E-state index is 0.394. The van der Waals surface area contributed by atoms with Crippen LogP contribution in [-0.4, -0.2) is 52.0 Å². The van der Waals surface area contributed by atoms with Crippen LogP contribution in [0.4, 0.5) is 24.9 Å². The number of alkyl halides is 3. The van der Waals surface area contributed by atoms with Crippen molar-refractivity contribution in [3.8, 4) is 5.69 Å². The van der Waals surface area contributed by atoms with E-state index >= 15 is 0 Å². The van der Waals surface area contributed by atoms with E-state index in [1.165, 1.54) is 18.5 Å². The van der Waals surface area contributed by atoms with Gasteiger partial charge in [-0.05, 0) is 36.8 Å². The monoisotopic (exact) mass is 481 g/mol. The lowest BCUT2D eigenvalue weighted by Gasteiger charge is -2.27. The van der Waals surface area contributed by atoms with Gasteiger partial charge in [0.1, 0.15) is 6.33 Å². The molecular formula is C24H22F3N7O. The van der Waals surface area contributed by atoms with Crippen LogP contribution in [0.5, 0.6) is 0 Å². The average Bonchev–Trinajstić information content (AvgIpc) is 3.28. The van der Waals surface area contributed by atoms with Gasteiger partial charge in [-0.1, -0.05) is 29.8 Å². The molecule has 2 aromatic heterocycles. The van der Waals surface area contributed by atoms with Gasteiger partial charge in [0, 0.05) is 18.8 Å². The van der Waals surface area contributed by atoms with Crippen molar-refractivity contribution < 1.29 is 17.9 Å². The second-order valence-electron chi connectivity index (χ2n) is 8.09. The molecule has 0 amide bonds. The number of aromatic nitrogens is 4. The van der Waals surface area contributed by atoms with Crippen LogP contribution >= 0.6 is 0 Å². The maximum Gasteiger partial charge on any atom is 0.416 e. The van der Waals surface area contributed by atoms with Crippen molar-refractivity contribution in [2.75, 3.05) is 36.6 Å². The van der Waals surface area contributed by atoms with Gasteiger partial charge in [-0.15, -0.1) is 0 Å². The first-order valence-corrected chi connectivity index (χ1v) is 11.0. The standard InChI is InChI=1S/C24H22F3N7O/c1-16-3-2-4-17(13-16)14-29-32-21-20-22(31-23(30-21)33-9-11-35-12-10-33)34(15-28-20)19-7-5-18(6-8-19)24(25,26)27/h2-8,13-15H,9-12H2,1H3,(H,30,31,32). The molecule has 0 spiro atoms. The molecule has 0 aliphatic carbocycles. The highest BCUT2D eigenvalue weighted by molar-refractivity contribution is 5.87. The summed E-state index contributed by atoms with van der Waals surface area (Å²) in [6.07, 6.45) is -1.21. The Bertz CT molecular complexity index is 1360. The normalized spacial score (nSPS) is 14.7. The van der Waals surface area contributed by atoms with E-state index < -0.39 is 11.7 Å². The number of morpholine rings is 1. The molecule has 1 N–H and O–H groups in total. The number of aryl methyl sites for hydroxylation is 1. The fourth-order valence-corrected chi connectivity index (χ4v) is 3.79. The summed E-state index contributed by atoms with van der Waals surface area (Å²) in [5.41, 5.74) is 5.68. The Balaban J connectivity index is 1.53. The molecule has 0 atom stereocenters. The Morgan fingerprint density at radius 2 is 1.83 bits per heavy atom. The number of imidazole rings is 1. The summed E-state index contributed by atoms with van der Waals surface area (Å²) < 4.78 is 46.1. The van der Waals surface area contributed by atoms with Crippen LogP contribution in [0.25, 0.3) is 16.9 Å². The molecule has 35 heavy (non-hydrogen) atoms. The van der Waals surface area contributed by atoms with Gasteiger partial charge in [-0.3, -0.25) is 9.99 Å². The molecule has 1 saturated heterocycles. The molecule has 1 fully saturated rings. The lowest BCUT2D eigenvalue weighted by molar-refractivity contribution is -0.137. The summed E-state index contributed by atoms with van der Waals surface area (Å²) in [5.74, 6) is 0.855. The Hall–Kier alpha value is -3.99. The van der Waals surface area contributed by atoms with Crippen LogP contribution in [-0.2, 0) is 10.9 Å². The third-order valence-corrected chi connectivity index (χ3v) is 5.58. The highest BCUT2D eigenvalue weighted by Crippen LogP contribution is 2.31. The van der Waals surface area contributed by atoms with E-state index in [9.17, 15) is 13.2 Å². The second-order valence-corrected chi connectivity index (χ2v) is 8.09. The molecule has 180 valence electrons. The number of rotatable bonds is 5. The Morgan fingerprint density at radius 1 is 1.06 bits per heavy atom. The number of nitrogens with one attached hydrogen (secondary N) is 1. The van der Waals surface area contributed by atoms with Gasteiger partial charge in [-0.25, -0.2) is 4.98 Å². The maximum absolute atomic E-state index is 13.0. The number of anilines is 2. The van der Waals surface area contributed by atoms with E-state index in [1.54, 1.807) is 10.8 Å². The number of nitrogens with zero attached hydrogens (tertiary/aromatic N) is 6. The summed E-state index contributed by atoms with van der Waals surface area (Å²) in [4.78, 5) is 15.7. The number of hydrogen-bond donors (Lipinski definition) is 1. The highest BCUT2D eigenvalue weighted by Gasteiger charge is 2.30. The largest absolute Gasteiger partial charge is 0.416 e. The van der Waals surface area contributed by atoms with Crippen LogP contribution in [0.2, 0.25) is 0 Å². The Kier molecular flexibility index (Phi) is 6.08. The highest BCUT2D eigenvalue weighted by atomic mass is 19.4. The molecule has 5 rings (SSSR count). The second kappa shape index (κ2) is 9.34. The number of hydrogen-bond acceptors (Lipinski definition) is 7. The summed E-state index contributed by atoms with van der Waals surface area (Å²) in [6, 6.07) is 12.7. The zero-order chi connectivity index (χ0) is 24.4. The molecule has 0 radical (unpaired) electrons. The van der Waals surface area contributed by atoms with Gasteiger partial charge in [-0.2, -0.15) is 28.2 Å². The molecule has 0 saturated carbocycles. The number of ether oxygens (including phenoxy) is 1. The van der Waals surface area contributed by atoms with Gasteiger partial charge >= 0.3 is 6.18 Å². The molecule has 11 heteroatoms. The fourth-order valence-electron chi connectivity index (χ4n) is 3.79. The summed E-state index contributed by atoms with van der Waals surface area (Å²) in [6.45, 7) is 4.33. The van der Waals surface area contributed by atoms with Crippen molar-refractivity contribution in [2.45, 2.75) is 13.1 Å². The first-order chi connectivity index (χ1) is 16.9. The minimum Gasteiger partial charge on any atom is -0.378 e. The van der Waals surface area contributed by atoms with Crippen molar-refractivity contribution in [3.05, 3.63) is 71.5 Å². The molecule has 3 heterocycles. The van der Waals surface area contributed by atoms with Crippen molar-refractivity contribution in [3.63, 3.8) is 0 Å². The van der Waals surface area contributed by atoms with E-state index in [4.69, 9.17) is 9.72 Å². The molecule has 1 aliphatic rings. The van der Waals surface area contributed by atoms with Gasteiger partial charge in [0.15, 0.2) is 17.0 Å². The third-order valence-electron chi connectivity index (χ3n) is 5.58. The lowest BCUT2D eigenvalue weighted by Crippen LogP contribution is -2.37. The topological polar surface area (TPSA) is 80.5 Å². The van der Waals surface area contributed by atoms with E-state index in [1.807, 2.05) is 36.1 Å². The SMILES string of the molecule is Cc1cccc(C=NNc2nc(N3CCOCC3)nc3c2ncn3-c2ccc(C(F)(F)F)cc2)c1. The van der Waals surface area contributed by atoms with Gasteiger partial charge in [0.05, 0.1) is 25.0 Å². The van der Waals surface area contributed by atoms with Crippen LogP contribution in [0.3, 0.4) is 0 Å². The van der Waals surface area contributed by atoms with E-state index in [-0.39, 0.29) is 0 Å². The fraction of sp³-hybridized carbons (Fsp3) is 0.250. The first-order valence-electron chi connectivity index (χ1n) is 11.0. The number of fused-ring (bicyclic) bond motifs is 1.